The molecule has 0 heterocycles. The molecule has 0 aliphatic rings. The quantitative estimate of drug-likeness (QED) is 0.576. The first-order valence-corrected chi connectivity index (χ1v) is 10.6. The summed E-state index contributed by atoms with van der Waals surface area (Å²) in [7, 11) is -3.10. The van der Waals surface area contributed by atoms with Crippen molar-refractivity contribution < 1.29 is 8.42 Å². The van der Waals surface area contributed by atoms with Gasteiger partial charge in [-0.05, 0) is 30.7 Å². The van der Waals surface area contributed by atoms with E-state index in [1.807, 2.05) is 31.2 Å². The van der Waals surface area contributed by atoms with Crippen LogP contribution in [0.3, 0.4) is 0 Å². The molecule has 120 valence electrons. The number of hydrogen-bond donors (Lipinski definition) is 0. The number of rotatable bonds is 9. The van der Waals surface area contributed by atoms with Gasteiger partial charge in [0.2, 0.25) is 0 Å². The Morgan fingerprint density at radius 1 is 1.14 bits per heavy atom. The molecule has 1 aromatic carbocycles. The first-order chi connectivity index (χ1) is 9.86. The highest BCUT2D eigenvalue weighted by molar-refractivity contribution is 9.09. The third-order valence-electron chi connectivity index (χ3n) is 3.84. The lowest BCUT2D eigenvalue weighted by Gasteiger charge is -2.31. The summed E-state index contributed by atoms with van der Waals surface area (Å²) in [5.74, 6) is 0.428. The predicted molar refractivity (Wildman–Crippen MR) is 94.7 cm³/mol. The molecule has 0 aliphatic heterocycles. The van der Waals surface area contributed by atoms with Gasteiger partial charge in [0.1, 0.15) is 0 Å². The molecule has 0 aromatic heterocycles. The number of aryl methyl sites for hydroxylation is 1. The normalized spacial score (nSPS) is 12.6. The molecule has 0 atom stereocenters. The number of sulfone groups is 1. The minimum absolute atomic E-state index is 0.119. The number of hydrogen-bond acceptors (Lipinski definition) is 2. The lowest BCUT2D eigenvalue weighted by molar-refractivity contribution is 0.313. The Hall–Kier alpha value is -0.350. The molecule has 0 unspecified atom stereocenters. The van der Waals surface area contributed by atoms with Crippen LogP contribution in [0.2, 0.25) is 0 Å². The van der Waals surface area contributed by atoms with Crippen molar-refractivity contribution in [2.45, 2.75) is 52.2 Å². The van der Waals surface area contributed by atoms with E-state index < -0.39 is 9.84 Å². The molecule has 0 aliphatic carbocycles. The van der Waals surface area contributed by atoms with Gasteiger partial charge < -0.3 is 0 Å². The Balaban J connectivity index is 2.90. The zero-order chi connectivity index (χ0) is 15.9. The lowest BCUT2D eigenvalue weighted by atomic mass is 9.83. The average molecular weight is 375 g/mol. The molecule has 0 amide bonds. The maximum Gasteiger partial charge on any atom is 0.155 e. The van der Waals surface area contributed by atoms with E-state index in [0.717, 1.165) is 42.1 Å². The highest BCUT2D eigenvalue weighted by Crippen LogP contribution is 2.34. The van der Waals surface area contributed by atoms with E-state index in [1.54, 1.807) is 0 Å². The van der Waals surface area contributed by atoms with Crippen LogP contribution in [0.4, 0.5) is 0 Å². The molecular formula is C17H27BrO2S. The minimum atomic E-state index is -3.10. The van der Waals surface area contributed by atoms with E-state index >= 15 is 0 Å². The summed E-state index contributed by atoms with van der Waals surface area (Å²) < 4.78 is 25.2. The Morgan fingerprint density at radius 3 is 2.24 bits per heavy atom. The van der Waals surface area contributed by atoms with Crippen LogP contribution in [0.1, 0.15) is 50.7 Å². The largest absolute Gasteiger partial charge is 0.228 e. The second-order valence-electron chi connectivity index (χ2n) is 6.15. The van der Waals surface area contributed by atoms with Crippen LogP contribution in [0.5, 0.6) is 0 Å². The smallest absolute Gasteiger partial charge is 0.155 e. The van der Waals surface area contributed by atoms with Crippen molar-refractivity contribution in [2.75, 3.05) is 11.1 Å². The zero-order valence-corrected chi connectivity index (χ0v) is 15.8. The molecule has 0 fully saturated rings. The van der Waals surface area contributed by atoms with Crippen LogP contribution in [0.25, 0.3) is 0 Å². The summed E-state index contributed by atoms with van der Waals surface area (Å²) >= 11 is 3.56. The molecule has 2 nitrogen and oxygen atoms in total. The molecule has 0 saturated carbocycles. The molecule has 0 saturated heterocycles. The second-order valence-corrected chi connectivity index (χ2v) is 8.78. The number of alkyl halides is 1. The van der Waals surface area contributed by atoms with Gasteiger partial charge in [-0.2, -0.15) is 0 Å². The molecule has 0 bridgehead atoms. The fourth-order valence-corrected chi connectivity index (χ4v) is 6.21. The first-order valence-electron chi connectivity index (χ1n) is 7.68. The summed E-state index contributed by atoms with van der Waals surface area (Å²) in [5, 5.41) is 0.759. The van der Waals surface area contributed by atoms with Crippen LogP contribution in [0, 0.1) is 12.3 Å². The molecule has 1 rings (SSSR count). The monoisotopic (exact) mass is 374 g/mol. The molecule has 4 heteroatoms. The van der Waals surface area contributed by atoms with Crippen molar-refractivity contribution in [1.29, 1.82) is 0 Å². The maximum atomic E-state index is 12.6. The van der Waals surface area contributed by atoms with Crippen molar-refractivity contribution in [3.63, 3.8) is 0 Å². The molecule has 0 radical (unpaired) electrons. The molecule has 0 spiro atoms. The Bertz CT molecular complexity index is 531. The van der Waals surface area contributed by atoms with E-state index in [4.69, 9.17) is 0 Å². The second kappa shape index (κ2) is 8.33. The van der Waals surface area contributed by atoms with Gasteiger partial charge in [-0.1, -0.05) is 72.4 Å². The van der Waals surface area contributed by atoms with Crippen molar-refractivity contribution in [3.8, 4) is 0 Å². The minimum Gasteiger partial charge on any atom is -0.228 e. The van der Waals surface area contributed by atoms with Crippen molar-refractivity contribution >= 4 is 25.8 Å². The van der Waals surface area contributed by atoms with E-state index in [1.165, 1.54) is 0 Å². The van der Waals surface area contributed by atoms with Gasteiger partial charge in [-0.3, -0.25) is 0 Å². The van der Waals surface area contributed by atoms with Crippen LogP contribution in [0.15, 0.2) is 24.3 Å². The Kier molecular flexibility index (Phi) is 7.41. The summed E-state index contributed by atoms with van der Waals surface area (Å²) in [4.78, 5) is 0. The Morgan fingerprint density at radius 2 is 1.76 bits per heavy atom. The third-order valence-corrected chi connectivity index (χ3v) is 6.85. The fraction of sp³-hybridized carbons (Fsp3) is 0.647. The molecule has 1 aromatic rings. The van der Waals surface area contributed by atoms with Crippen LogP contribution in [-0.4, -0.2) is 19.5 Å². The Labute approximate surface area is 138 Å². The SMILES string of the molecule is CCCC(CBr)(CCC)CS(=O)(=O)Cc1cccc(C)c1. The van der Waals surface area contributed by atoms with E-state index in [-0.39, 0.29) is 16.9 Å². The topological polar surface area (TPSA) is 34.1 Å². The highest BCUT2D eigenvalue weighted by Gasteiger charge is 2.33. The van der Waals surface area contributed by atoms with Gasteiger partial charge in [0.25, 0.3) is 0 Å². The van der Waals surface area contributed by atoms with Crippen molar-refractivity contribution in [3.05, 3.63) is 35.4 Å². The van der Waals surface area contributed by atoms with Gasteiger partial charge in [-0.25, -0.2) is 8.42 Å². The fourth-order valence-electron chi connectivity index (χ4n) is 3.08. The average Bonchev–Trinajstić information content (AvgIpc) is 2.38. The van der Waals surface area contributed by atoms with Crippen molar-refractivity contribution in [2.24, 2.45) is 5.41 Å². The van der Waals surface area contributed by atoms with Crippen LogP contribution >= 0.6 is 15.9 Å². The maximum absolute atomic E-state index is 12.6. The summed E-state index contributed by atoms with van der Waals surface area (Å²) in [6.07, 6.45) is 3.95. The van der Waals surface area contributed by atoms with Gasteiger partial charge in [0, 0.05) is 5.33 Å². The lowest BCUT2D eigenvalue weighted by Crippen LogP contribution is -2.32. The first kappa shape index (κ1) is 18.7. The molecule has 21 heavy (non-hydrogen) atoms. The number of benzene rings is 1. The van der Waals surface area contributed by atoms with Crippen LogP contribution in [-0.2, 0) is 15.6 Å². The summed E-state index contributed by atoms with van der Waals surface area (Å²) in [6.45, 7) is 6.24. The summed E-state index contributed by atoms with van der Waals surface area (Å²) in [5.41, 5.74) is 1.88. The molecular weight excluding hydrogens is 348 g/mol. The summed E-state index contributed by atoms with van der Waals surface area (Å²) in [6, 6.07) is 7.79. The standard InChI is InChI=1S/C17H27BrO2S/c1-4-9-17(13-18,10-5-2)14-21(19,20)12-16-8-6-7-15(3)11-16/h6-8,11H,4-5,9-10,12-14H2,1-3H3. The van der Waals surface area contributed by atoms with Gasteiger partial charge >= 0.3 is 0 Å². The predicted octanol–water partition coefficient (Wildman–Crippen LogP) is 4.89. The van der Waals surface area contributed by atoms with Crippen molar-refractivity contribution in [1.82, 2.24) is 0 Å². The highest BCUT2D eigenvalue weighted by atomic mass is 79.9. The van der Waals surface area contributed by atoms with Gasteiger partial charge in [0.05, 0.1) is 11.5 Å². The van der Waals surface area contributed by atoms with E-state index in [9.17, 15) is 8.42 Å². The van der Waals surface area contributed by atoms with E-state index in [0.29, 0.717) is 0 Å². The van der Waals surface area contributed by atoms with Gasteiger partial charge in [0.15, 0.2) is 9.84 Å². The third kappa shape index (κ3) is 6.11. The van der Waals surface area contributed by atoms with Crippen LogP contribution < -0.4 is 0 Å². The zero-order valence-electron chi connectivity index (χ0n) is 13.4. The number of halogens is 1. The van der Waals surface area contributed by atoms with E-state index in [2.05, 4.69) is 29.8 Å². The molecule has 0 N–H and O–H groups in total. The van der Waals surface area contributed by atoms with Gasteiger partial charge in [-0.15, -0.1) is 0 Å².